The molecule has 0 saturated carbocycles. The van der Waals surface area contributed by atoms with Crippen LogP contribution < -0.4 is 11.1 Å². The van der Waals surface area contributed by atoms with Crippen LogP contribution in [0, 0.1) is 0 Å². The van der Waals surface area contributed by atoms with E-state index in [1.54, 1.807) is 0 Å². The molecule has 0 bridgehead atoms. The van der Waals surface area contributed by atoms with Crippen molar-refractivity contribution in [2.45, 2.75) is 26.8 Å². The van der Waals surface area contributed by atoms with Gasteiger partial charge in [0.05, 0.1) is 0 Å². The van der Waals surface area contributed by atoms with Gasteiger partial charge in [0.25, 0.3) is 0 Å². The molecule has 0 heterocycles. The summed E-state index contributed by atoms with van der Waals surface area (Å²) >= 11 is 0. The van der Waals surface area contributed by atoms with E-state index in [2.05, 4.69) is 60.5 Å². The first-order valence-corrected chi connectivity index (χ1v) is 8.10. The van der Waals surface area contributed by atoms with Crippen LogP contribution in [0.1, 0.15) is 25.0 Å². The van der Waals surface area contributed by atoms with Crippen molar-refractivity contribution < 1.29 is 0 Å². The quantitative estimate of drug-likeness (QED) is 0.729. The number of hydrogen-bond donors (Lipinski definition) is 2. The lowest BCUT2D eigenvalue weighted by Gasteiger charge is -2.17. The van der Waals surface area contributed by atoms with Gasteiger partial charge >= 0.3 is 0 Å². The molecule has 0 unspecified atom stereocenters. The molecule has 0 fully saturated rings. The summed E-state index contributed by atoms with van der Waals surface area (Å²) in [6, 6.07) is 16.7. The topological polar surface area (TPSA) is 41.3 Å². The molecule has 3 N–H and O–H groups in total. The minimum atomic E-state index is 0.807. The maximum Gasteiger partial charge on any atom is 0.0400 e. The normalized spacial score (nSPS) is 10.9. The van der Waals surface area contributed by atoms with E-state index < -0.39 is 0 Å². The molecule has 0 aliphatic heterocycles. The number of nitrogens with two attached hydrogens (primary N) is 1. The molecule has 2 rings (SSSR count). The highest BCUT2D eigenvalue weighted by Gasteiger charge is 2.00. The molecule has 0 aromatic heterocycles. The van der Waals surface area contributed by atoms with Gasteiger partial charge in [0, 0.05) is 24.5 Å². The molecule has 0 aliphatic carbocycles. The van der Waals surface area contributed by atoms with Crippen molar-refractivity contribution in [1.29, 1.82) is 0 Å². The fourth-order valence-electron chi connectivity index (χ4n) is 2.46. The number of likely N-dealkylation sites (N-methyl/N-ethyl adjacent to an activating group) is 1. The molecule has 0 amide bonds. The van der Waals surface area contributed by atoms with Gasteiger partial charge in [-0.05, 0) is 54.9 Å². The SMILES string of the molecule is CCN(CC)CCc1ccc(NCc2ccc(N)cc2)cc1. The zero-order valence-corrected chi connectivity index (χ0v) is 13.7. The molecule has 0 atom stereocenters. The summed E-state index contributed by atoms with van der Waals surface area (Å²) in [7, 11) is 0. The smallest absolute Gasteiger partial charge is 0.0400 e. The number of benzene rings is 2. The second kappa shape index (κ2) is 8.44. The number of nitrogens with one attached hydrogen (secondary N) is 1. The summed E-state index contributed by atoms with van der Waals surface area (Å²) in [6.07, 6.45) is 1.11. The van der Waals surface area contributed by atoms with Gasteiger partial charge in [-0.3, -0.25) is 0 Å². The summed E-state index contributed by atoms with van der Waals surface area (Å²) in [5.41, 5.74) is 10.3. The summed E-state index contributed by atoms with van der Waals surface area (Å²) in [4.78, 5) is 2.45. The Bertz CT molecular complexity index is 542. The predicted molar refractivity (Wildman–Crippen MR) is 96.1 cm³/mol. The molecule has 0 aliphatic rings. The molecule has 0 spiro atoms. The van der Waals surface area contributed by atoms with Gasteiger partial charge in [-0.25, -0.2) is 0 Å². The Balaban J connectivity index is 1.82. The van der Waals surface area contributed by atoms with Gasteiger partial charge in [-0.2, -0.15) is 0 Å². The van der Waals surface area contributed by atoms with Gasteiger partial charge in [0.1, 0.15) is 0 Å². The lowest BCUT2D eigenvalue weighted by atomic mass is 10.1. The number of nitrogen functional groups attached to an aromatic ring is 1. The molecule has 2 aromatic rings. The highest BCUT2D eigenvalue weighted by Crippen LogP contribution is 2.13. The van der Waals surface area contributed by atoms with E-state index in [0.717, 1.165) is 44.0 Å². The molecule has 3 nitrogen and oxygen atoms in total. The molecule has 0 radical (unpaired) electrons. The van der Waals surface area contributed by atoms with Crippen molar-refractivity contribution in [2.24, 2.45) is 0 Å². The standard InChI is InChI=1S/C19H27N3/c1-3-22(4-2)14-13-16-7-11-19(12-8-16)21-15-17-5-9-18(20)10-6-17/h5-12,21H,3-4,13-15,20H2,1-2H3. The summed E-state index contributed by atoms with van der Waals surface area (Å²) < 4.78 is 0. The number of rotatable bonds is 8. The van der Waals surface area contributed by atoms with E-state index in [9.17, 15) is 0 Å². The zero-order chi connectivity index (χ0) is 15.8. The van der Waals surface area contributed by atoms with Gasteiger partial charge in [0.15, 0.2) is 0 Å². The van der Waals surface area contributed by atoms with Gasteiger partial charge < -0.3 is 16.0 Å². The van der Waals surface area contributed by atoms with Crippen molar-refractivity contribution in [3.05, 3.63) is 59.7 Å². The first-order chi connectivity index (χ1) is 10.7. The van der Waals surface area contributed by atoms with Crippen molar-refractivity contribution in [3.8, 4) is 0 Å². The first-order valence-electron chi connectivity index (χ1n) is 8.10. The van der Waals surface area contributed by atoms with Crippen LogP contribution in [-0.2, 0) is 13.0 Å². The Morgan fingerprint density at radius 1 is 0.864 bits per heavy atom. The number of nitrogens with zero attached hydrogens (tertiary/aromatic N) is 1. The van der Waals surface area contributed by atoms with Crippen molar-refractivity contribution in [2.75, 3.05) is 30.7 Å². The van der Waals surface area contributed by atoms with E-state index in [0.29, 0.717) is 0 Å². The maximum absolute atomic E-state index is 5.70. The van der Waals surface area contributed by atoms with Crippen LogP contribution in [0.2, 0.25) is 0 Å². The van der Waals surface area contributed by atoms with Crippen LogP contribution >= 0.6 is 0 Å². The van der Waals surface area contributed by atoms with Crippen molar-refractivity contribution >= 4 is 11.4 Å². The average molecular weight is 297 g/mol. The second-order valence-electron chi connectivity index (χ2n) is 5.57. The fraction of sp³-hybridized carbons (Fsp3) is 0.368. The average Bonchev–Trinajstić information content (AvgIpc) is 2.56. The Hall–Kier alpha value is -2.00. The number of hydrogen-bond acceptors (Lipinski definition) is 3. The Morgan fingerprint density at radius 3 is 2.05 bits per heavy atom. The summed E-state index contributed by atoms with van der Waals surface area (Å²) in [5.74, 6) is 0. The highest BCUT2D eigenvalue weighted by atomic mass is 15.1. The van der Waals surface area contributed by atoms with E-state index >= 15 is 0 Å². The third-order valence-corrected chi connectivity index (χ3v) is 4.04. The Kier molecular flexibility index (Phi) is 6.28. The van der Waals surface area contributed by atoms with Crippen LogP contribution in [-0.4, -0.2) is 24.5 Å². The third-order valence-electron chi connectivity index (χ3n) is 4.04. The molecular formula is C19H27N3. The van der Waals surface area contributed by atoms with Crippen LogP contribution in [0.5, 0.6) is 0 Å². The van der Waals surface area contributed by atoms with E-state index in [1.165, 1.54) is 11.1 Å². The molecule has 0 saturated heterocycles. The lowest BCUT2D eigenvalue weighted by molar-refractivity contribution is 0.308. The van der Waals surface area contributed by atoms with Gasteiger partial charge in [0.2, 0.25) is 0 Å². The Labute approximate surface area is 134 Å². The molecule has 3 heteroatoms. The van der Waals surface area contributed by atoms with Crippen LogP contribution in [0.3, 0.4) is 0 Å². The maximum atomic E-state index is 5.70. The van der Waals surface area contributed by atoms with E-state index in [-0.39, 0.29) is 0 Å². The minimum absolute atomic E-state index is 0.807. The molecule has 22 heavy (non-hydrogen) atoms. The van der Waals surface area contributed by atoms with Crippen molar-refractivity contribution in [1.82, 2.24) is 4.90 Å². The van der Waals surface area contributed by atoms with Crippen LogP contribution in [0.15, 0.2) is 48.5 Å². The minimum Gasteiger partial charge on any atom is -0.399 e. The summed E-state index contributed by atoms with van der Waals surface area (Å²) in [5, 5.41) is 3.44. The molecule has 2 aromatic carbocycles. The molecular weight excluding hydrogens is 270 g/mol. The predicted octanol–water partition coefficient (Wildman–Crippen LogP) is 3.77. The summed E-state index contributed by atoms with van der Waals surface area (Å²) in [6.45, 7) is 8.63. The first kappa shape index (κ1) is 16.4. The van der Waals surface area contributed by atoms with Crippen molar-refractivity contribution in [3.63, 3.8) is 0 Å². The fourth-order valence-corrected chi connectivity index (χ4v) is 2.46. The third kappa shape index (κ3) is 5.08. The second-order valence-corrected chi connectivity index (χ2v) is 5.57. The highest BCUT2D eigenvalue weighted by molar-refractivity contribution is 5.46. The van der Waals surface area contributed by atoms with Crippen LogP contribution in [0.4, 0.5) is 11.4 Å². The van der Waals surface area contributed by atoms with Crippen LogP contribution in [0.25, 0.3) is 0 Å². The zero-order valence-electron chi connectivity index (χ0n) is 13.7. The van der Waals surface area contributed by atoms with E-state index in [1.807, 2.05) is 12.1 Å². The Morgan fingerprint density at radius 2 is 1.45 bits per heavy atom. The van der Waals surface area contributed by atoms with E-state index in [4.69, 9.17) is 5.73 Å². The number of anilines is 2. The molecule has 118 valence electrons. The van der Waals surface area contributed by atoms with Gasteiger partial charge in [-0.1, -0.05) is 38.1 Å². The monoisotopic (exact) mass is 297 g/mol. The largest absolute Gasteiger partial charge is 0.399 e. The van der Waals surface area contributed by atoms with Gasteiger partial charge in [-0.15, -0.1) is 0 Å². The lowest BCUT2D eigenvalue weighted by Crippen LogP contribution is -2.25.